The normalized spacial score (nSPS) is 15.9. The van der Waals surface area contributed by atoms with Gasteiger partial charge in [0.05, 0.1) is 5.56 Å². The van der Waals surface area contributed by atoms with Gasteiger partial charge in [-0.15, -0.1) is 0 Å². The van der Waals surface area contributed by atoms with Crippen molar-refractivity contribution in [1.82, 2.24) is 0 Å². The predicted molar refractivity (Wildman–Crippen MR) is 135 cm³/mol. The molecule has 2 heterocycles. The Balaban J connectivity index is 1.24. The maximum Gasteiger partial charge on any atom is 0.338 e. The van der Waals surface area contributed by atoms with Gasteiger partial charge in [0.15, 0.2) is 0 Å². The standard InChI is InChI=1S/C31H26O4/c1-18-11-13-27-22(15-18)17-23-16-21(12-14-28(23)34-27)31(32)33-20(3)26-9-6-8-25-19(2)24-7-4-5-10-29(24)35-30(25)26/h4-16,19-20H,17H2,1-3H3. The van der Waals surface area contributed by atoms with Crippen LogP contribution in [0.3, 0.4) is 0 Å². The number of para-hydroxylation sites is 2. The second-order valence-corrected chi connectivity index (χ2v) is 9.39. The lowest BCUT2D eigenvalue weighted by molar-refractivity contribution is 0.0334. The maximum atomic E-state index is 13.1. The van der Waals surface area contributed by atoms with E-state index in [1.165, 1.54) is 5.56 Å². The average Bonchev–Trinajstić information content (AvgIpc) is 2.87. The predicted octanol–water partition coefficient (Wildman–Crippen LogP) is 7.87. The van der Waals surface area contributed by atoms with Crippen LogP contribution in [0, 0.1) is 6.92 Å². The van der Waals surface area contributed by atoms with Crippen LogP contribution >= 0.6 is 0 Å². The molecule has 0 spiro atoms. The summed E-state index contributed by atoms with van der Waals surface area (Å²) in [7, 11) is 0. The molecule has 0 saturated heterocycles. The van der Waals surface area contributed by atoms with E-state index in [-0.39, 0.29) is 11.9 Å². The molecule has 0 N–H and O–H groups in total. The van der Waals surface area contributed by atoms with Crippen LogP contribution in [0.25, 0.3) is 0 Å². The summed E-state index contributed by atoms with van der Waals surface area (Å²) in [5, 5.41) is 0. The van der Waals surface area contributed by atoms with Crippen molar-refractivity contribution >= 4 is 5.97 Å². The van der Waals surface area contributed by atoms with Gasteiger partial charge in [0.25, 0.3) is 0 Å². The number of rotatable bonds is 3. The van der Waals surface area contributed by atoms with Crippen molar-refractivity contribution in [2.75, 3.05) is 0 Å². The molecule has 35 heavy (non-hydrogen) atoms. The molecule has 0 radical (unpaired) electrons. The van der Waals surface area contributed by atoms with E-state index in [1.54, 1.807) is 6.07 Å². The number of carbonyl (C=O) groups is 1. The monoisotopic (exact) mass is 462 g/mol. The van der Waals surface area contributed by atoms with Gasteiger partial charge >= 0.3 is 5.97 Å². The van der Waals surface area contributed by atoms with Crippen molar-refractivity contribution in [3.8, 4) is 23.0 Å². The lowest BCUT2D eigenvalue weighted by Crippen LogP contribution is -2.14. The van der Waals surface area contributed by atoms with Crippen LogP contribution in [0.15, 0.2) is 78.9 Å². The summed E-state index contributed by atoms with van der Waals surface area (Å²) < 4.78 is 18.3. The van der Waals surface area contributed by atoms with Gasteiger partial charge < -0.3 is 14.2 Å². The van der Waals surface area contributed by atoms with Gasteiger partial charge in [-0.2, -0.15) is 0 Å². The van der Waals surface area contributed by atoms with Crippen LogP contribution in [0.5, 0.6) is 23.0 Å². The van der Waals surface area contributed by atoms with E-state index in [0.717, 1.165) is 57.2 Å². The summed E-state index contributed by atoms with van der Waals surface area (Å²) in [5.74, 6) is 3.12. The van der Waals surface area contributed by atoms with Gasteiger partial charge in [-0.05, 0) is 49.7 Å². The van der Waals surface area contributed by atoms with E-state index in [9.17, 15) is 4.79 Å². The molecular formula is C31H26O4. The second kappa shape index (κ2) is 8.31. The van der Waals surface area contributed by atoms with Crippen molar-refractivity contribution < 1.29 is 19.0 Å². The topological polar surface area (TPSA) is 44.8 Å². The summed E-state index contributed by atoms with van der Waals surface area (Å²) in [6, 6.07) is 25.8. The third-order valence-electron chi connectivity index (χ3n) is 6.97. The van der Waals surface area contributed by atoms with Gasteiger partial charge in [-0.1, -0.05) is 61.0 Å². The van der Waals surface area contributed by atoms with Crippen LogP contribution in [-0.2, 0) is 11.2 Å². The zero-order valence-corrected chi connectivity index (χ0v) is 20.0. The molecule has 0 fully saturated rings. The van der Waals surface area contributed by atoms with Gasteiger partial charge in [0.1, 0.15) is 29.1 Å². The molecular weight excluding hydrogens is 436 g/mol. The van der Waals surface area contributed by atoms with Crippen LogP contribution in [0.2, 0.25) is 0 Å². The van der Waals surface area contributed by atoms with Crippen LogP contribution in [0.4, 0.5) is 0 Å². The molecule has 0 saturated carbocycles. The number of esters is 1. The van der Waals surface area contributed by atoms with Gasteiger partial charge in [0, 0.05) is 34.6 Å². The molecule has 0 aliphatic carbocycles. The zero-order chi connectivity index (χ0) is 24.1. The second-order valence-electron chi connectivity index (χ2n) is 9.39. The summed E-state index contributed by atoms with van der Waals surface area (Å²) in [6.07, 6.45) is 0.256. The highest BCUT2D eigenvalue weighted by Crippen LogP contribution is 2.47. The highest BCUT2D eigenvalue weighted by Gasteiger charge is 2.28. The van der Waals surface area contributed by atoms with Gasteiger partial charge in [-0.3, -0.25) is 0 Å². The van der Waals surface area contributed by atoms with Gasteiger partial charge in [-0.25, -0.2) is 4.79 Å². The molecule has 174 valence electrons. The molecule has 4 aromatic carbocycles. The smallest absolute Gasteiger partial charge is 0.338 e. The molecule has 6 rings (SSSR count). The van der Waals surface area contributed by atoms with Gasteiger partial charge in [0.2, 0.25) is 0 Å². The number of ether oxygens (including phenoxy) is 3. The lowest BCUT2D eigenvalue weighted by Gasteiger charge is -2.29. The Bertz CT molecular complexity index is 1470. The molecule has 0 amide bonds. The Morgan fingerprint density at radius 1 is 0.857 bits per heavy atom. The van der Waals surface area contributed by atoms with E-state index in [0.29, 0.717) is 5.56 Å². The first-order chi connectivity index (χ1) is 17.0. The molecule has 2 atom stereocenters. The highest BCUT2D eigenvalue weighted by molar-refractivity contribution is 5.90. The van der Waals surface area contributed by atoms with Crippen LogP contribution in [-0.4, -0.2) is 5.97 Å². The van der Waals surface area contributed by atoms with Crippen LogP contribution < -0.4 is 9.47 Å². The van der Waals surface area contributed by atoms with Crippen molar-refractivity contribution in [2.24, 2.45) is 0 Å². The first-order valence-electron chi connectivity index (χ1n) is 12.0. The minimum Gasteiger partial charge on any atom is -0.457 e. The third-order valence-corrected chi connectivity index (χ3v) is 6.97. The molecule has 0 aromatic heterocycles. The lowest BCUT2D eigenvalue weighted by atomic mass is 9.87. The first-order valence-corrected chi connectivity index (χ1v) is 12.0. The summed E-state index contributed by atoms with van der Waals surface area (Å²) in [5.41, 5.74) is 6.93. The Morgan fingerprint density at radius 2 is 1.60 bits per heavy atom. The van der Waals surface area contributed by atoms with E-state index >= 15 is 0 Å². The number of aryl methyl sites for hydroxylation is 1. The maximum absolute atomic E-state index is 13.1. The van der Waals surface area contributed by atoms with E-state index in [2.05, 4.69) is 32.0 Å². The van der Waals surface area contributed by atoms with Crippen molar-refractivity contribution in [2.45, 2.75) is 39.2 Å². The minimum absolute atomic E-state index is 0.199. The molecule has 2 unspecified atom stereocenters. The Labute approximate surface area is 205 Å². The third kappa shape index (κ3) is 3.75. The fourth-order valence-electron chi connectivity index (χ4n) is 5.07. The van der Waals surface area contributed by atoms with Crippen molar-refractivity contribution in [3.05, 3.63) is 118 Å². The minimum atomic E-state index is -0.467. The highest BCUT2D eigenvalue weighted by atomic mass is 16.5. The SMILES string of the molecule is Cc1ccc2c(c1)Cc1cc(C(=O)OC(C)c3cccc4c3Oc3ccccc3C4C)ccc1O2. The largest absolute Gasteiger partial charge is 0.457 e. The quantitative estimate of drug-likeness (QED) is 0.256. The first kappa shape index (κ1) is 21.5. The molecule has 2 aliphatic heterocycles. The molecule has 2 aliphatic rings. The summed E-state index contributed by atoms with van der Waals surface area (Å²) in [6.45, 7) is 6.13. The zero-order valence-electron chi connectivity index (χ0n) is 20.0. The summed E-state index contributed by atoms with van der Waals surface area (Å²) in [4.78, 5) is 13.1. The summed E-state index contributed by atoms with van der Waals surface area (Å²) >= 11 is 0. The van der Waals surface area contributed by atoms with E-state index in [4.69, 9.17) is 14.2 Å². The van der Waals surface area contributed by atoms with Crippen molar-refractivity contribution in [3.63, 3.8) is 0 Å². The Hall–Kier alpha value is -4.05. The molecule has 4 nitrogen and oxygen atoms in total. The average molecular weight is 463 g/mol. The molecule has 4 heteroatoms. The fourth-order valence-corrected chi connectivity index (χ4v) is 5.07. The van der Waals surface area contributed by atoms with Crippen LogP contribution in [0.1, 0.15) is 69.6 Å². The fraction of sp³-hybridized carbons (Fsp3) is 0.194. The van der Waals surface area contributed by atoms with E-state index < -0.39 is 6.10 Å². The number of hydrogen-bond donors (Lipinski definition) is 0. The number of hydrogen-bond acceptors (Lipinski definition) is 4. The Morgan fingerprint density at radius 3 is 2.46 bits per heavy atom. The number of fused-ring (bicyclic) bond motifs is 4. The van der Waals surface area contributed by atoms with Crippen molar-refractivity contribution in [1.29, 1.82) is 0 Å². The molecule has 0 bridgehead atoms. The Kier molecular flexibility index (Phi) is 5.10. The number of benzene rings is 4. The number of carbonyl (C=O) groups excluding carboxylic acids is 1. The van der Waals surface area contributed by atoms with E-state index in [1.807, 2.05) is 61.5 Å². The molecule has 4 aromatic rings.